The predicted octanol–water partition coefficient (Wildman–Crippen LogP) is 3.67. The van der Waals surface area contributed by atoms with Gasteiger partial charge in [-0.15, -0.1) is 4.31 Å². The Hall–Kier alpha value is -3.25. The van der Waals surface area contributed by atoms with E-state index >= 15 is 0 Å². The van der Waals surface area contributed by atoms with Crippen LogP contribution in [0.5, 0.6) is 0 Å². The molecule has 2 aromatic rings. The van der Waals surface area contributed by atoms with Crippen molar-refractivity contribution in [1.29, 1.82) is 0 Å². The number of aromatic nitrogens is 1. The number of hydrogen-bond acceptors (Lipinski definition) is 9. The first-order valence-electron chi connectivity index (χ1n) is 13.4. The normalized spacial score (nSPS) is 24.6. The summed E-state index contributed by atoms with van der Waals surface area (Å²) in [6, 6.07) is 9.59. The third-order valence-corrected chi connectivity index (χ3v) is 8.75. The number of ether oxygens (including phenoxy) is 2. The molecule has 1 aromatic carbocycles. The topological polar surface area (TPSA) is 116 Å². The number of hydrogen-bond donors (Lipinski definition) is 1. The van der Waals surface area contributed by atoms with E-state index in [4.69, 9.17) is 15.2 Å². The van der Waals surface area contributed by atoms with E-state index in [0.29, 0.717) is 48.0 Å². The molecule has 1 aliphatic carbocycles. The molecule has 2 atom stereocenters. The van der Waals surface area contributed by atoms with Crippen molar-refractivity contribution < 1.29 is 23.2 Å². The standard InChI is InChI=1S/C29H34FN5O4S/c1-20(2)39-28(36)29-16-21(17-31)26(33-24-5-3-23(30)4-6-24)15-22(29)9-10-35(19-29)40(37)25-7-8-27(32-18-25)34-11-13-38-14-12-34/h3-8,15,17-18,20H,9-14,16,19,31H2,1-2H3/t29-,40?/m0/s1. The number of allylic oxidation sites excluding steroid dienone is 2. The van der Waals surface area contributed by atoms with Gasteiger partial charge in [0.05, 0.1) is 54.8 Å². The summed E-state index contributed by atoms with van der Waals surface area (Å²) in [4.78, 5) is 25.6. The number of benzene rings is 1. The molecule has 3 aliphatic rings. The van der Waals surface area contributed by atoms with Crippen LogP contribution in [0.2, 0.25) is 0 Å². The van der Waals surface area contributed by atoms with E-state index < -0.39 is 16.8 Å². The molecule has 9 nitrogen and oxygen atoms in total. The van der Waals surface area contributed by atoms with Gasteiger partial charge >= 0.3 is 5.97 Å². The molecular weight excluding hydrogens is 533 g/mol. The number of carbonyl (C=O) groups is 1. The van der Waals surface area contributed by atoms with Crippen molar-refractivity contribution in [2.45, 2.75) is 37.7 Å². The fraction of sp³-hybridized carbons (Fsp3) is 0.414. The van der Waals surface area contributed by atoms with Gasteiger partial charge in [-0.2, -0.15) is 0 Å². The molecule has 1 unspecified atom stereocenters. The van der Waals surface area contributed by atoms with Crippen molar-refractivity contribution in [3.8, 4) is 0 Å². The highest BCUT2D eigenvalue weighted by Crippen LogP contribution is 2.47. The lowest BCUT2D eigenvalue weighted by Crippen LogP contribution is -2.53. The lowest BCUT2D eigenvalue weighted by Gasteiger charge is -2.44. The number of piperidine rings is 1. The fourth-order valence-electron chi connectivity index (χ4n) is 5.26. The van der Waals surface area contributed by atoms with Crippen LogP contribution in [0.25, 0.3) is 0 Å². The Bertz CT molecular complexity index is 1310. The first kappa shape index (κ1) is 28.3. The van der Waals surface area contributed by atoms with Crippen molar-refractivity contribution in [3.63, 3.8) is 0 Å². The number of rotatable bonds is 6. The van der Waals surface area contributed by atoms with E-state index in [-0.39, 0.29) is 30.9 Å². The van der Waals surface area contributed by atoms with Gasteiger partial charge in [-0.1, -0.05) is 0 Å². The largest absolute Gasteiger partial charge is 0.593 e. The monoisotopic (exact) mass is 567 g/mol. The van der Waals surface area contributed by atoms with Gasteiger partial charge in [0, 0.05) is 25.7 Å². The molecule has 11 heteroatoms. The molecule has 0 amide bonds. The van der Waals surface area contributed by atoms with Crippen LogP contribution in [-0.2, 0) is 25.6 Å². The highest BCUT2D eigenvalue weighted by Gasteiger charge is 2.53. The fourth-order valence-corrected chi connectivity index (χ4v) is 6.48. The number of pyridine rings is 1. The van der Waals surface area contributed by atoms with Crippen molar-refractivity contribution in [2.24, 2.45) is 16.1 Å². The second kappa shape index (κ2) is 12.1. The van der Waals surface area contributed by atoms with Crippen LogP contribution in [-0.4, -0.2) is 71.0 Å². The van der Waals surface area contributed by atoms with Gasteiger partial charge in [-0.25, -0.2) is 14.4 Å². The number of fused-ring (bicyclic) bond motifs is 1. The number of morpholine rings is 1. The van der Waals surface area contributed by atoms with Crippen LogP contribution in [0, 0.1) is 11.2 Å². The van der Waals surface area contributed by atoms with Crippen LogP contribution in [0.3, 0.4) is 0 Å². The highest BCUT2D eigenvalue weighted by atomic mass is 32.2. The highest BCUT2D eigenvalue weighted by molar-refractivity contribution is 7.89. The number of halogens is 1. The number of esters is 1. The van der Waals surface area contributed by atoms with Crippen LogP contribution < -0.4 is 10.6 Å². The zero-order chi connectivity index (χ0) is 28.3. The average molecular weight is 568 g/mol. The molecule has 0 spiro atoms. The number of nitrogens with two attached hydrogens (primary N) is 1. The maximum Gasteiger partial charge on any atom is 0.318 e. The molecule has 212 valence electrons. The van der Waals surface area contributed by atoms with E-state index in [2.05, 4.69) is 14.9 Å². The summed E-state index contributed by atoms with van der Waals surface area (Å²) < 4.78 is 40.1. The summed E-state index contributed by atoms with van der Waals surface area (Å²) in [5.41, 5.74) is 7.70. The van der Waals surface area contributed by atoms with Gasteiger partial charge in [0.1, 0.15) is 17.1 Å². The van der Waals surface area contributed by atoms with Gasteiger partial charge in [0.25, 0.3) is 0 Å². The van der Waals surface area contributed by atoms with E-state index in [0.717, 1.165) is 24.5 Å². The zero-order valence-electron chi connectivity index (χ0n) is 22.7. The Labute approximate surface area is 236 Å². The van der Waals surface area contributed by atoms with E-state index in [1.807, 2.05) is 32.1 Å². The Morgan fingerprint density at radius 2 is 1.98 bits per heavy atom. The van der Waals surface area contributed by atoms with Crippen molar-refractivity contribution in [2.75, 3.05) is 44.3 Å². The number of nitrogens with zero attached hydrogens (tertiary/aromatic N) is 4. The smallest absolute Gasteiger partial charge is 0.318 e. The molecule has 2 N–H and O–H groups in total. The molecule has 3 heterocycles. The van der Waals surface area contributed by atoms with Gasteiger partial charge in [-0.05, 0) is 80.4 Å². The SMILES string of the molecule is CC(C)OC(=O)[C@]12CC(=CN)C(=Nc3ccc(F)cc3)C=C1CCN([S+]([O-])c1ccc(N3CCOCC3)nc1)C2. The van der Waals surface area contributed by atoms with Crippen molar-refractivity contribution in [3.05, 3.63) is 71.8 Å². The van der Waals surface area contributed by atoms with Crippen LogP contribution in [0.15, 0.2) is 75.9 Å². The van der Waals surface area contributed by atoms with E-state index in [1.165, 1.54) is 18.3 Å². The Kier molecular flexibility index (Phi) is 8.55. The molecule has 0 saturated carbocycles. The van der Waals surface area contributed by atoms with Crippen LogP contribution in [0.4, 0.5) is 15.9 Å². The summed E-state index contributed by atoms with van der Waals surface area (Å²) in [6.07, 6.45) is 5.41. The summed E-state index contributed by atoms with van der Waals surface area (Å²) in [5, 5.41) is 0. The second-order valence-corrected chi connectivity index (χ2v) is 11.8. The molecular formula is C29H34FN5O4S. The lowest BCUT2D eigenvalue weighted by atomic mass is 9.67. The Balaban J connectivity index is 1.43. The van der Waals surface area contributed by atoms with Gasteiger partial charge in [0.15, 0.2) is 4.90 Å². The van der Waals surface area contributed by atoms with Gasteiger partial charge in [-0.3, -0.25) is 4.79 Å². The molecule has 2 aliphatic heterocycles. The molecule has 2 saturated heterocycles. The maximum absolute atomic E-state index is 13.7. The van der Waals surface area contributed by atoms with Gasteiger partial charge in [0.2, 0.25) is 0 Å². The molecule has 0 radical (unpaired) electrons. The minimum Gasteiger partial charge on any atom is -0.593 e. The average Bonchev–Trinajstić information content (AvgIpc) is 2.97. The molecule has 2 fully saturated rings. The summed E-state index contributed by atoms with van der Waals surface area (Å²) in [5.74, 6) is 0.0987. The Morgan fingerprint density at radius 3 is 2.62 bits per heavy atom. The predicted molar refractivity (Wildman–Crippen MR) is 152 cm³/mol. The van der Waals surface area contributed by atoms with E-state index in [9.17, 15) is 13.7 Å². The summed E-state index contributed by atoms with van der Waals surface area (Å²) >= 11 is -1.53. The second-order valence-electron chi connectivity index (χ2n) is 10.4. The summed E-state index contributed by atoms with van der Waals surface area (Å²) in [6.45, 7) is 7.13. The lowest BCUT2D eigenvalue weighted by molar-refractivity contribution is -0.158. The Morgan fingerprint density at radius 1 is 1.23 bits per heavy atom. The number of anilines is 1. The first-order valence-corrected chi connectivity index (χ1v) is 14.5. The van der Waals surface area contributed by atoms with Crippen LogP contribution >= 0.6 is 0 Å². The van der Waals surface area contributed by atoms with Crippen LogP contribution in [0.1, 0.15) is 26.7 Å². The van der Waals surface area contributed by atoms with Crippen molar-refractivity contribution >= 4 is 34.5 Å². The van der Waals surface area contributed by atoms with Gasteiger partial charge < -0.3 is 24.7 Å². The molecule has 5 rings (SSSR count). The maximum atomic E-state index is 13.7. The summed E-state index contributed by atoms with van der Waals surface area (Å²) in [7, 11) is 0. The minimum atomic E-state index is -1.53. The minimum absolute atomic E-state index is 0.198. The third-order valence-electron chi connectivity index (χ3n) is 7.33. The molecule has 0 bridgehead atoms. The zero-order valence-corrected chi connectivity index (χ0v) is 23.5. The molecule has 1 aromatic heterocycles. The third kappa shape index (κ3) is 5.92. The number of aliphatic imine (C=N–C) groups is 1. The first-order chi connectivity index (χ1) is 19.3. The quantitative estimate of drug-likeness (QED) is 0.415. The van der Waals surface area contributed by atoms with E-state index in [1.54, 1.807) is 22.6 Å². The number of carbonyl (C=O) groups excluding carboxylic acids is 1. The molecule has 40 heavy (non-hydrogen) atoms. The van der Waals surface area contributed by atoms with Crippen molar-refractivity contribution in [1.82, 2.24) is 9.29 Å².